The van der Waals surface area contributed by atoms with Crippen molar-refractivity contribution in [1.29, 1.82) is 0 Å². The van der Waals surface area contributed by atoms with Gasteiger partial charge in [0.25, 0.3) is 0 Å². The lowest BCUT2D eigenvalue weighted by atomic mass is 10.2. The van der Waals surface area contributed by atoms with Crippen LogP contribution in [0.1, 0.15) is 13.8 Å². The third kappa shape index (κ3) is 3.18. The van der Waals surface area contributed by atoms with E-state index in [1.165, 1.54) is 18.2 Å². The predicted octanol–water partition coefficient (Wildman–Crippen LogP) is 2.83. The molecule has 0 amide bonds. The molecule has 80 valence electrons. The molecular formula is C11H12FNO2. The fourth-order valence-corrected chi connectivity index (χ4v) is 1.02. The van der Waals surface area contributed by atoms with E-state index in [0.29, 0.717) is 12.5 Å². The molecule has 0 aliphatic carbocycles. The number of ether oxygens (including phenoxy) is 1. The van der Waals surface area contributed by atoms with Gasteiger partial charge in [-0.05, 0) is 18.1 Å². The quantitative estimate of drug-likeness (QED) is 0.565. The summed E-state index contributed by atoms with van der Waals surface area (Å²) in [6.07, 6.45) is 1.31. The van der Waals surface area contributed by atoms with Crippen LogP contribution in [-0.2, 0) is 4.79 Å². The molecule has 0 spiro atoms. The summed E-state index contributed by atoms with van der Waals surface area (Å²) in [6, 6.07) is 4.30. The van der Waals surface area contributed by atoms with Crippen LogP contribution in [0.25, 0.3) is 0 Å². The third-order valence-corrected chi connectivity index (χ3v) is 1.68. The molecule has 0 N–H and O–H groups in total. The summed E-state index contributed by atoms with van der Waals surface area (Å²) in [5.74, 6) is 0.00739. The molecule has 0 atom stereocenters. The van der Waals surface area contributed by atoms with E-state index in [0.717, 1.165) is 0 Å². The van der Waals surface area contributed by atoms with E-state index in [2.05, 4.69) is 4.99 Å². The zero-order valence-electron chi connectivity index (χ0n) is 8.66. The van der Waals surface area contributed by atoms with Crippen molar-refractivity contribution >= 4 is 11.8 Å². The number of para-hydroxylation sites is 1. The number of aliphatic imine (C=N–C) groups is 1. The highest BCUT2D eigenvalue weighted by atomic mass is 19.1. The molecule has 0 saturated heterocycles. The minimum Gasteiger partial charge on any atom is -0.491 e. The second-order valence-corrected chi connectivity index (χ2v) is 3.49. The first-order valence-electron chi connectivity index (χ1n) is 4.64. The molecular weight excluding hydrogens is 197 g/mol. The maximum absolute atomic E-state index is 13.2. The normalized spacial score (nSPS) is 9.87. The number of halogens is 1. The lowest BCUT2D eigenvalue weighted by Gasteiger charge is -2.10. The fraction of sp³-hybridized carbons (Fsp3) is 0.364. The maximum Gasteiger partial charge on any atom is 0.240 e. The molecule has 0 radical (unpaired) electrons. The smallest absolute Gasteiger partial charge is 0.240 e. The molecule has 1 rings (SSSR count). The Morgan fingerprint density at radius 1 is 1.53 bits per heavy atom. The molecule has 0 heterocycles. The van der Waals surface area contributed by atoms with Crippen molar-refractivity contribution in [2.24, 2.45) is 10.9 Å². The van der Waals surface area contributed by atoms with E-state index in [9.17, 15) is 9.18 Å². The Hall–Kier alpha value is -1.67. The van der Waals surface area contributed by atoms with Crippen LogP contribution in [0, 0.1) is 11.7 Å². The van der Waals surface area contributed by atoms with Crippen LogP contribution in [0.3, 0.4) is 0 Å². The van der Waals surface area contributed by atoms with Crippen LogP contribution in [0.5, 0.6) is 5.75 Å². The Morgan fingerprint density at radius 3 is 2.87 bits per heavy atom. The standard InChI is InChI=1S/C11H12FNO2/c1-8(2)6-15-10-5-3-4-9(12)11(10)13-7-14/h3-5,8H,6H2,1-2H3. The minimum absolute atomic E-state index is 0.0897. The Labute approximate surface area is 87.6 Å². The van der Waals surface area contributed by atoms with Gasteiger partial charge < -0.3 is 4.74 Å². The van der Waals surface area contributed by atoms with Gasteiger partial charge in [0, 0.05) is 0 Å². The Bertz CT molecular complexity index is 384. The number of rotatable bonds is 4. The predicted molar refractivity (Wildman–Crippen MR) is 54.5 cm³/mol. The molecule has 4 heteroatoms. The van der Waals surface area contributed by atoms with Crippen LogP contribution in [0.4, 0.5) is 10.1 Å². The summed E-state index contributed by atoms with van der Waals surface area (Å²) in [5.41, 5.74) is -0.0897. The highest BCUT2D eigenvalue weighted by Crippen LogP contribution is 2.30. The Balaban J connectivity index is 2.95. The molecule has 0 bridgehead atoms. The van der Waals surface area contributed by atoms with Crippen LogP contribution in [0.15, 0.2) is 23.2 Å². The average Bonchev–Trinajstić information content (AvgIpc) is 2.19. The van der Waals surface area contributed by atoms with Crippen molar-refractivity contribution < 1.29 is 13.9 Å². The van der Waals surface area contributed by atoms with Gasteiger partial charge in [-0.2, -0.15) is 4.99 Å². The molecule has 1 aromatic rings. The molecule has 3 nitrogen and oxygen atoms in total. The number of nitrogens with zero attached hydrogens (tertiary/aromatic N) is 1. The SMILES string of the molecule is CC(C)COc1cccc(F)c1N=C=O. The van der Waals surface area contributed by atoms with E-state index in [-0.39, 0.29) is 11.4 Å². The first-order chi connectivity index (χ1) is 7.15. The molecule has 0 fully saturated rings. The Kier molecular flexibility index (Phi) is 4.01. The highest BCUT2D eigenvalue weighted by molar-refractivity contribution is 5.58. The minimum atomic E-state index is -0.584. The van der Waals surface area contributed by atoms with Gasteiger partial charge in [0.2, 0.25) is 6.08 Å². The molecule has 15 heavy (non-hydrogen) atoms. The van der Waals surface area contributed by atoms with Crippen molar-refractivity contribution in [2.45, 2.75) is 13.8 Å². The van der Waals surface area contributed by atoms with E-state index in [4.69, 9.17) is 4.74 Å². The van der Waals surface area contributed by atoms with Crippen LogP contribution >= 0.6 is 0 Å². The molecule has 0 unspecified atom stereocenters. The van der Waals surface area contributed by atoms with Crippen molar-refractivity contribution in [2.75, 3.05) is 6.61 Å². The summed E-state index contributed by atoms with van der Waals surface area (Å²) in [7, 11) is 0. The summed E-state index contributed by atoms with van der Waals surface area (Å²) in [4.78, 5) is 13.4. The summed E-state index contributed by atoms with van der Waals surface area (Å²) >= 11 is 0. The van der Waals surface area contributed by atoms with Crippen molar-refractivity contribution in [3.63, 3.8) is 0 Å². The van der Waals surface area contributed by atoms with Crippen molar-refractivity contribution in [3.05, 3.63) is 24.0 Å². The largest absolute Gasteiger partial charge is 0.491 e. The highest BCUT2D eigenvalue weighted by Gasteiger charge is 2.08. The van der Waals surface area contributed by atoms with Crippen LogP contribution in [-0.4, -0.2) is 12.7 Å². The van der Waals surface area contributed by atoms with Gasteiger partial charge in [0.1, 0.15) is 5.75 Å². The molecule has 0 aromatic heterocycles. The van der Waals surface area contributed by atoms with Gasteiger partial charge in [-0.25, -0.2) is 9.18 Å². The zero-order valence-corrected chi connectivity index (χ0v) is 8.66. The average molecular weight is 209 g/mol. The van der Waals surface area contributed by atoms with Crippen molar-refractivity contribution in [3.8, 4) is 5.75 Å². The van der Waals surface area contributed by atoms with Crippen molar-refractivity contribution in [1.82, 2.24) is 0 Å². The topological polar surface area (TPSA) is 38.7 Å². The van der Waals surface area contributed by atoms with Gasteiger partial charge in [0.05, 0.1) is 6.61 Å². The first-order valence-corrected chi connectivity index (χ1v) is 4.64. The summed E-state index contributed by atoms with van der Waals surface area (Å²) in [6.45, 7) is 4.40. The summed E-state index contributed by atoms with van der Waals surface area (Å²) in [5, 5.41) is 0. The fourth-order valence-electron chi connectivity index (χ4n) is 1.02. The zero-order chi connectivity index (χ0) is 11.3. The lowest BCUT2D eigenvalue weighted by molar-refractivity contribution is 0.271. The first kappa shape index (κ1) is 11.4. The van der Waals surface area contributed by atoms with E-state index in [1.807, 2.05) is 13.8 Å². The number of benzene rings is 1. The van der Waals surface area contributed by atoms with Crippen LogP contribution < -0.4 is 4.74 Å². The van der Waals surface area contributed by atoms with Gasteiger partial charge >= 0.3 is 0 Å². The number of hydrogen-bond acceptors (Lipinski definition) is 3. The summed E-state index contributed by atoms with van der Waals surface area (Å²) < 4.78 is 18.5. The molecule has 1 aromatic carbocycles. The van der Waals surface area contributed by atoms with E-state index < -0.39 is 5.82 Å². The second-order valence-electron chi connectivity index (χ2n) is 3.49. The number of carbonyl (C=O) groups excluding carboxylic acids is 1. The number of hydrogen-bond donors (Lipinski definition) is 0. The molecule has 0 saturated carbocycles. The second kappa shape index (κ2) is 5.27. The molecule has 0 aliphatic rings. The Morgan fingerprint density at radius 2 is 2.27 bits per heavy atom. The van der Waals surface area contributed by atoms with E-state index >= 15 is 0 Å². The van der Waals surface area contributed by atoms with Gasteiger partial charge in [-0.1, -0.05) is 19.9 Å². The van der Waals surface area contributed by atoms with Gasteiger partial charge in [-0.3, -0.25) is 0 Å². The third-order valence-electron chi connectivity index (χ3n) is 1.68. The van der Waals surface area contributed by atoms with Crippen LogP contribution in [0.2, 0.25) is 0 Å². The number of isocyanates is 1. The van der Waals surface area contributed by atoms with Gasteiger partial charge in [0.15, 0.2) is 11.5 Å². The van der Waals surface area contributed by atoms with Gasteiger partial charge in [-0.15, -0.1) is 0 Å². The lowest BCUT2D eigenvalue weighted by Crippen LogP contribution is -2.04. The molecule has 0 aliphatic heterocycles. The maximum atomic E-state index is 13.2. The van der Waals surface area contributed by atoms with E-state index in [1.54, 1.807) is 6.07 Å². The monoisotopic (exact) mass is 209 g/mol.